The summed E-state index contributed by atoms with van der Waals surface area (Å²) in [6.45, 7) is 2.08. The summed E-state index contributed by atoms with van der Waals surface area (Å²) in [4.78, 5) is 22.1. The number of sulfonamides is 1. The van der Waals surface area contributed by atoms with Gasteiger partial charge in [-0.2, -0.15) is 4.31 Å². The lowest BCUT2D eigenvalue weighted by atomic mass is 10.1. The quantitative estimate of drug-likeness (QED) is 0.426. The highest BCUT2D eigenvalue weighted by molar-refractivity contribution is 7.89. The van der Waals surface area contributed by atoms with Crippen molar-refractivity contribution in [3.8, 4) is 11.3 Å². The highest BCUT2D eigenvalue weighted by Crippen LogP contribution is 2.30. The normalized spacial score (nSPS) is 14.7. The molecule has 1 aromatic heterocycles. The molecule has 1 aliphatic heterocycles. The van der Waals surface area contributed by atoms with Gasteiger partial charge in [0, 0.05) is 43.0 Å². The summed E-state index contributed by atoms with van der Waals surface area (Å²) in [5, 5.41) is 6.46. The number of rotatable bonds is 5. The molecule has 0 atom stereocenters. The number of piperazine rings is 1. The number of amides is 1. The number of carbonyl (C=O) groups excluding carboxylic acids is 1. The van der Waals surface area contributed by atoms with Crippen LogP contribution in [0.1, 0.15) is 10.4 Å². The van der Waals surface area contributed by atoms with Crippen LogP contribution in [0.4, 0.5) is 5.69 Å². The molecule has 3 aromatic carbocycles. The van der Waals surface area contributed by atoms with Gasteiger partial charge in [0.1, 0.15) is 0 Å². The summed E-state index contributed by atoms with van der Waals surface area (Å²) >= 11 is 6.41. The predicted octanol–water partition coefficient (Wildman–Crippen LogP) is 3.80. The van der Waals surface area contributed by atoms with Gasteiger partial charge in [-0.3, -0.25) is 9.78 Å². The lowest BCUT2D eigenvalue weighted by Gasteiger charge is -2.26. The molecular weight excluding hydrogens is 486 g/mol. The summed E-state index contributed by atoms with van der Waals surface area (Å²) < 4.78 is 27.1. The Balaban J connectivity index is 1.35. The molecule has 0 radical (unpaired) electrons. The highest BCUT2D eigenvalue weighted by Gasteiger charge is 2.25. The number of nitrogens with zero attached hydrogens (tertiary/aromatic N) is 3. The third kappa shape index (κ3) is 4.89. The van der Waals surface area contributed by atoms with E-state index in [2.05, 4.69) is 20.6 Å². The zero-order chi connectivity index (χ0) is 24.4. The SMILES string of the molecule is O=C(Nc1ccc(Cl)c(-c2cnc3ccccc3n2)c1)c1ccc(S(=O)(=O)N2CCNCC2)cc1. The van der Waals surface area contributed by atoms with Crippen LogP contribution in [0.2, 0.25) is 5.02 Å². The van der Waals surface area contributed by atoms with E-state index in [1.807, 2.05) is 24.3 Å². The molecular formula is C25H22ClN5O3S. The zero-order valence-electron chi connectivity index (χ0n) is 18.6. The molecule has 2 heterocycles. The third-order valence-corrected chi connectivity index (χ3v) is 8.02. The Morgan fingerprint density at radius 3 is 2.43 bits per heavy atom. The Morgan fingerprint density at radius 1 is 0.971 bits per heavy atom. The second kappa shape index (κ2) is 9.71. The first-order chi connectivity index (χ1) is 16.9. The van der Waals surface area contributed by atoms with E-state index in [-0.39, 0.29) is 10.8 Å². The van der Waals surface area contributed by atoms with Crippen molar-refractivity contribution in [2.75, 3.05) is 31.5 Å². The minimum absolute atomic E-state index is 0.166. The smallest absolute Gasteiger partial charge is 0.255 e. The molecule has 0 aliphatic carbocycles. The van der Waals surface area contributed by atoms with Gasteiger partial charge in [-0.1, -0.05) is 23.7 Å². The molecule has 0 saturated carbocycles. The lowest BCUT2D eigenvalue weighted by molar-refractivity contribution is 0.102. The number of halogens is 1. The number of nitrogens with one attached hydrogen (secondary N) is 2. The van der Waals surface area contributed by atoms with Crippen molar-refractivity contribution in [1.82, 2.24) is 19.6 Å². The van der Waals surface area contributed by atoms with Crippen LogP contribution in [0.5, 0.6) is 0 Å². The first-order valence-electron chi connectivity index (χ1n) is 11.1. The standard InChI is InChI=1S/C25H22ClN5O3S/c26-21-10-7-18(15-20(21)24-16-28-22-3-1-2-4-23(22)30-24)29-25(32)17-5-8-19(9-6-17)35(33,34)31-13-11-27-12-14-31/h1-10,15-16,27H,11-14H2,(H,29,32). The molecule has 0 bridgehead atoms. The fourth-order valence-corrected chi connectivity index (χ4v) is 5.56. The van der Waals surface area contributed by atoms with E-state index in [0.717, 1.165) is 11.0 Å². The molecule has 5 rings (SSSR count). The van der Waals surface area contributed by atoms with Crippen LogP contribution in [0, 0.1) is 0 Å². The van der Waals surface area contributed by atoms with E-state index in [1.54, 1.807) is 24.4 Å². The minimum atomic E-state index is -3.59. The maximum atomic E-state index is 12.8. The van der Waals surface area contributed by atoms with Crippen molar-refractivity contribution < 1.29 is 13.2 Å². The number of hydrogen-bond acceptors (Lipinski definition) is 6. The Labute approximate surface area is 208 Å². The first kappa shape index (κ1) is 23.4. The van der Waals surface area contributed by atoms with E-state index in [4.69, 9.17) is 11.6 Å². The van der Waals surface area contributed by atoms with Gasteiger partial charge in [-0.25, -0.2) is 13.4 Å². The van der Waals surface area contributed by atoms with Gasteiger partial charge in [-0.15, -0.1) is 0 Å². The number of fused-ring (bicyclic) bond motifs is 1. The third-order valence-electron chi connectivity index (χ3n) is 5.78. The first-order valence-corrected chi connectivity index (χ1v) is 12.9. The van der Waals surface area contributed by atoms with Crippen molar-refractivity contribution in [2.24, 2.45) is 0 Å². The van der Waals surface area contributed by atoms with Gasteiger partial charge < -0.3 is 10.6 Å². The average Bonchev–Trinajstić information content (AvgIpc) is 2.90. The summed E-state index contributed by atoms with van der Waals surface area (Å²) in [7, 11) is -3.59. The number of aromatic nitrogens is 2. The van der Waals surface area contributed by atoms with Crippen LogP contribution >= 0.6 is 11.6 Å². The van der Waals surface area contributed by atoms with Gasteiger partial charge >= 0.3 is 0 Å². The van der Waals surface area contributed by atoms with Crippen LogP contribution in [-0.2, 0) is 10.0 Å². The molecule has 10 heteroatoms. The van der Waals surface area contributed by atoms with Gasteiger partial charge in [0.05, 0.1) is 32.8 Å². The molecule has 35 heavy (non-hydrogen) atoms. The predicted molar refractivity (Wildman–Crippen MR) is 136 cm³/mol. The van der Waals surface area contributed by atoms with Crippen molar-refractivity contribution in [2.45, 2.75) is 4.90 Å². The molecule has 0 unspecified atom stereocenters. The summed E-state index contributed by atoms with van der Waals surface area (Å²) in [5.41, 5.74) is 3.62. The van der Waals surface area contributed by atoms with Gasteiger partial charge in [-0.05, 0) is 54.6 Å². The fraction of sp³-hybridized carbons (Fsp3) is 0.160. The summed E-state index contributed by atoms with van der Waals surface area (Å²) in [6.07, 6.45) is 1.65. The second-order valence-corrected chi connectivity index (χ2v) is 10.4. The van der Waals surface area contributed by atoms with Gasteiger partial charge in [0.25, 0.3) is 5.91 Å². The number of benzene rings is 3. The lowest BCUT2D eigenvalue weighted by Crippen LogP contribution is -2.46. The molecule has 1 amide bonds. The summed E-state index contributed by atoms with van der Waals surface area (Å²) in [6, 6.07) is 18.6. The van der Waals surface area contributed by atoms with Crippen molar-refractivity contribution >= 4 is 44.3 Å². The topological polar surface area (TPSA) is 104 Å². The maximum Gasteiger partial charge on any atom is 0.255 e. The number of para-hydroxylation sites is 2. The second-order valence-electron chi connectivity index (χ2n) is 8.07. The van der Waals surface area contributed by atoms with E-state index in [1.165, 1.54) is 28.6 Å². The van der Waals surface area contributed by atoms with Crippen molar-refractivity contribution in [1.29, 1.82) is 0 Å². The Kier molecular flexibility index (Phi) is 6.48. The van der Waals surface area contributed by atoms with E-state index in [9.17, 15) is 13.2 Å². The number of carbonyl (C=O) groups is 1. The van der Waals surface area contributed by atoms with E-state index in [0.29, 0.717) is 53.7 Å². The molecule has 8 nitrogen and oxygen atoms in total. The Morgan fingerprint density at radius 2 is 1.69 bits per heavy atom. The number of hydrogen-bond donors (Lipinski definition) is 2. The van der Waals surface area contributed by atoms with E-state index >= 15 is 0 Å². The molecule has 2 N–H and O–H groups in total. The number of anilines is 1. The molecule has 178 valence electrons. The Bertz CT molecular complexity index is 1500. The van der Waals surface area contributed by atoms with Gasteiger partial charge in [0.15, 0.2) is 0 Å². The summed E-state index contributed by atoms with van der Waals surface area (Å²) in [5.74, 6) is -0.367. The van der Waals surface area contributed by atoms with Crippen LogP contribution in [0.15, 0.2) is 77.8 Å². The van der Waals surface area contributed by atoms with E-state index < -0.39 is 10.0 Å². The average molecular weight is 508 g/mol. The van der Waals surface area contributed by atoms with Crippen LogP contribution in [0.3, 0.4) is 0 Å². The van der Waals surface area contributed by atoms with Crippen molar-refractivity contribution in [3.05, 3.63) is 83.5 Å². The largest absolute Gasteiger partial charge is 0.322 e. The highest BCUT2D eigenvalue weighted by atomic mass is 35.5. The van der Waals surface area contributed by atoms with Crippen LogP contribution in [0.25, 0.3) is 22.3 Å². The van der Waals surface area contributed by atoms with Crippen LogP contribution in [-0.4, -0.2) is 54.8 Å². The maximum absolute atomic E-state index is 12.8. The molecule has 4 aromatic rings. The molecule has 1 aliphatic rings. The molecule has 1 fully saturated rings. The molecule has 1 saturated heterocycles. The van der Waals surface area contributed by atoms with Crippen molar-refractivity contribution in [3.63, 3.8) is 0 Å². The van der Waals surface area contributed by atoms with Crippen LogP contribution < -0.4 is 10.6 Å². The molecule has 0 spiro atoms. The Hall–Kier alpha value is -3.37. The zero-order valence-corrected chi connectivity index (χ0v) is 20.2. The van der Waals surface area contributed by atoms with Gasteiger partial charge in [0.2, 0.25) is 10.0 Å². The monoisotopic (exact) mass is 507 g/mol. The minimum Gasteiger partial charge on any atom is -0.322 e. The fourth-order valence-electron chi connectivity index (χ4n) is 3.90.